The maximum absolute atomic E-state index is 12.6. The van der Waals surface area contributed by atoms with E-state index in [0.29, 0.717) is 23.1 Å². The lowest BCUT2D eigenvalue weighted by Crippen LogP contribution is -2.21. The summed E-state index contributed by atoms with van der Waals surface area (Å²) in [6.07, 6.45) is 6.01. The average Bonchev–Trinajstić information content (AvgIpc) is 2.61. The summed E-state index contributed by atoms with van der Waals surface area (Å²) in [6.45, 7) is 1.96. The van der Waals surface area contributed by atoms with E-state index in [1.807, 2.05) is 67.6 Å². The molecule has 0 bridgehead atoms. The number of benzene rings is 2. The summed E-state index contributed by atoms with van der Waals surface area (Å²) in [5.74, 6) is 0.651. The zero-order chi connectivity index (χ0) is 16.1. The van der Waals surface area contributed by atoms with Gasteiger partial charge in [0.2, 0.25) is 0 Å². The van der Waals surface area contributed by atoms with Gasteiger partial charge in [-0.1, -0.05) is 55.5 Å². The number of nitrogens with zero attached hydrogens (tertiary/aromatic N) is 3. The van der Waals surface area contributed by atoms with E-state index in [1.165, 1.54) is 4.68 Å². The maximum Gasteiger partial charge on any atom is 0.282 e. The summed E-state index contributed by atoms with van der Waals surface area (Å²) in [6, 6.07) is 17.3. The molecule has 1 aromatic heterocycles. The third-order valence-electron chi connectivity index (χ3n) is 3.49. The van der Waals surface area contributed by atoms with Gasteiger partial charge in [-0.15, -0.1) is 0 Å². The normalized spacial score (nSPS) is 11.7. The van der Waals surface area contributed by atoms with Crippen LogP contribution in [0.5, 0.6) is 0 Å². The number of aryl methyl sites for hydroxylation is 1. The van der Waals surface area contributed by atoms with Crippen molar-refractivity contribution in [3.63, 3.8) is 0 Å². The molecule has 0 spiro atoms. The van der Waals surface area contributed by atoms with Crippen LogP contribution in [-0.4, -0.2) is 15.9 Å². The third kappa shape index (κ3) is 3.26. The van der Waals surface area contributed by atoms with Gasteiger partial charge >= 0.3 is 0 Å². The molecule has 23 heavy (non-hydrogen) atoms. The van der Waals surface area contributed by atoms with Gasteiger partial charge in [0.25, 0.3) is 5.56 Å². The Morgan fingerprint density at radius 1 is 1.09 bits per heavy atom. The third-order valence-corrected chi connectivity index (χ3v) is 3.49. The van der Waals surface area contributed by atoms with E-state index >= 15 is 0 Å². The van der Waals surface area contributed by atoms with Crippen LogP contribution in [0.15, 0.2) is 70.6 Å². The highest BCUT2D eigenvalue weighted by atomic mass is 16.1. The van der Waals surface area contributed by atoms with Crippen LogP contribution in [0.2, 0.25) is 0 Å². The molecule has 4 heteroatoms. The second-order valence-corrected chi connectivity index (χ2v) is 5.05. The first-order valence-corrected chi connectivity index (χ1v) is 7.56. The molecule has 3 aromatic rings. The van der Waals surface area contributed by atoms with Crippen LogP contribution < -0.4 is 5.56 Å². The van der Waals surface area contributed by atoms with Crippen molar-refractivity contribution in [1.29, 1.82) is 0 Å². The first kappa shape index (κ1) is 14.9. The van der Waals surface area contributed by atoms with Crippen molar-refractivity contribution in [3.05, 3.63) is 82.4 Å². The number of allylic oxidation sites excluding steroid dienone is 1. The van der Waals surface area contributed by atoms with Gasteiger partial charge in [-0.25, -0.2) is 4.98 Å². The van der Waals surface area contributed by atoms with Gasteiger partial charge < -0.3 is 0 Å². The van der Waals surface area contributed by atoms with Crippen molar-refractivity contribution in [1.82, 2.24) is 9.66 Å². The minimum Gasteiger partial charge on any atom is -0.267 e. The standard InChI is InChI=1S/C19H17N3O/c1-2-18-21-17-13-7-6-12-16(17)19(23)22(18)20-14-8-11-15-9-4-3-5-10-15/h3-14H,2H2,1H3/b11-8+,20-14-. The van der Waals surface area contributed by atoms with Crippen LogP contribution in [0.25, 0.3) is 17.0 Å². The Morgan fingerprint density at radius 2 is 1.83 bits per heavy atom. The molecule has 2 aromatic carbocycles. The Morgan fingerprint density at radius 3 is 2.61 bits per heavy atom. The predicted molar refractivity (Wildman–Crippen MR) is 94.7 cm³/mol. The minimum absolute atomic E-state index is 0.142. The van der Waals surface area contributed by atoms with Gasteiger partial charge in [0, 0.05) is 12.6 Å². The topological polar surface area (TPSA) is 47.2 Å². The lowest BCUT2D eigenvalue weighted by Gasteiger charge is -2.06. The molecule has 0 amide bonds. The lowest BCUT2D eigenvalue weighted by atomic mass is 10.2. The van der Waals surface area contributed by atoms with E-state index in [9.17, 15) is 4.79 Å². The number of rotatable bonds is 4. The van der Waals surface area contributed by atoms with Crippen molar-refractivity contribution in [2.45, 2.75) is 13.3 Å². The van der Waals surface area contributed by atoms with Crippen LogP contribution in [-0.2, 0) is 6.42 Å². The first-order chi connectivity index (χ1) is 11.3. The van der Waals surface area contributed by atoms with Crippen LogP contribution in [0.4, 0.5) is 0 Å². The van der Waals surface area contributed by atoms with E-state index < -0.39 is 0 Å². The average molecular weight is 303 g/mol. The molecule has 0 saturated heterocycles. The number of aromatic nitrogens is 2. The molecule has 0 aliphatic heterocycles. The Kier molecular flexibility index (Phi) is 4.43. The summed E-state index contributed by atoms with van der Waals surface area (Å²) < 4.78 is 1.37. The summed E-state index contributed by atoms with van der Waals surface area (Å²) in [7, 11) is 0. The molecule has 114 valence electrons. The molecule has 0 unspecified atom stereocenters. The smallest absolute Gasteiger partial charge is 0.267 e. The Hall–Kier alpha value is -3.01. The molecule has 0 atom stereocenters. The predicted octanol–water partition coefficient (Wildman–Crippen LogP) is 3.51. The van der Waals surface area contributed by atoms with Crippen molar-refractivity contribution in [2.24, 2.45) is 5.10 Å². The van der Waals surface area contributed by atoms with Gasteiger partial charge in [-0.3, -0.25) is 4.79 Å². The zero-order valence-electron chi connectivity index (χ0n) is 12.9. The highest BCUT2D eigenvalue weighted by molar-refractivity contribution is 5.79. The summed E-state index contributed by atoms with van der Waals surface area (Å²) in [5.41, 5.74) is 1.65. The minimum atomic E-state index is -0.142. The molecule has 3 rings (SSSR count). The second kappa shape index (κ2) is 6.83. The molecule has 0 N–H and O–H groups in total. The molecule has 1 heterocycles. The Labute approximate surface area is 134 Å². The van der Waals surface area contributed by atoms with Crippen LogP contribution in [0, 0.1) is 0 Å². The molecular weight excluding hydrogens is 286 g/mol. The SMILES string of the molecule is CCc1nc2ccccc2c(=O)n1/N=C\C=C\c1ccccc1. The van der Waals surface area contributed by atoms with Crippen molar-refractivity contribution in [2.75, 3.05) is 0 Å². The van der Waals surface area contributed by atoms with E-state index in [-0.39, 0.29) is 5.56 Å². The number of hydrogen-bond acceptors (Lipinski definition) is 3. The van der Waals surface area contributed by atoms with Gasteiger partial charge in [0.05, 0.1) is 10.9 Å². The van der Waals surface area contributed by atoms with E-state index in [0.717, 1.165) is 5.56 Å². The van der Waals surface area contributed by atoms with Gasteiger partial charge in [0.15, 0.2) is 0 Å². The lowest BCUT2D eigenvalue weighted by molar-refractivity contribution is 0.735. The van der Waals surface area contributed by atoms with Crippen LogP contribution in [0.3, 0.4) is 0 Å². The number of fused-ring (bicyclic) bond motifs is 1. The fourth-order valence-corrected chi connectivity index (χ4v) is 2.34. The zero-order valence-corrected chi connectivity index (χ0v) is 12.9. The summed E-state index contributed by atoms with van der Waals surface area (Å²) in [5, 5.41) is 4.85. The maximum atomic E-state index is 12.6. The van der Waals surface area contributed by atoms with Crippen LogP contribution in [0.1, 0.15) is 18.3 Å². The van der Waals surface area contributed by atoms with Gasteiger partial charge in [0.1, 0.15) is 5.82 Å². The van der Waals surface area contributed by atoms with Crippen LogP contribution >= 0.6 is 0 Å². The molecular formula is C19H17N3O. The summed E-state index contributed by atoms with van der Waals surface area (Å²) in [4.78, 5) is 17.1. The van der Waals surface area contributed by atoms with Gasteiger partial charge in [-0.05, 0) is 23.8 Å². The Bertz CT molecular complexity index is 924. The van der Waals surface area contributed by atoms with Crippen molar-refractivity contribution >= 4 is 23.2 Å². The fourth-order valence-electron chi connectivity index (χ4n) is 2.34. The molecule has 0 radical (unpaired) electrons. The highest BCUT2D eigenvalue weighted by Gasteiger charge is 2.07. The largest absolute Gasteiger partial charge is 0.282 e. The molecule has 0 fully saturated rings. The molecule has 0 saturated carbocycles. The summed E-state index contributed by atoms with van der Waals surface area (Å²) >= 11 is 0. The van der Waals surface area contributed by atoms with Crippen molar-refractivity contribution < 1.29 is 0 Å². The quantitative estimate of drug-likeness (QED) is 0.692. The molecule has 0 aliphatic carbocycles. The molecule has 0 aliphatic rings. The van der Waals surface area contributed by atoms with E-state index in [2.05, 4.69) is 10.1 Å². The Balaban J connectivity index is 1.96. The van der Waals surface area contributed by atoms with E-state index in [1.54, 1.807) is 12.3 Å². The fraction of sp³-hybridized carbons (Fsp3) is 0.105. The number of hydrogen-bond donors (Lipinski definition) is 0. The van der Waals surface area contributed by atoms with E-state index in [4.69, 9.17) is 0 Å². The monoisotopic (exact) mass is 303 g/mol. The second-order valence-electron chi connectivity index (χ2n) is 5.05. The highest BCUT2D eigenvalue weighted by Crippen LogP contribution is 2.08. The van der Waals surface area contributed by atoms with Crippen molar-refractivity contribution in [3.8, 4) is 0 Å². The number of para-hydroxylation sites is 1. The first-order valence-electron chi connectivity index (χ1n) is 7.56. The molecule has 4 nitrogen and oxygen atoms in total. The van der Waals surface area contributed by atoms with Gasteiger partial charge in [-0.2, -0.15) is 9.78 Å².